The van der Waals surface area contributed by atoms with E-state index in [2.05, 4.69) is 10.0 Å². The molecule has 0 heterocycles. The molecular formula is C17H17N3O5S. The Kier molecular flexibility index (Phi) is 5.01. The number of carbonyl (C=O) groups excluding carboxylic acids is 1. The van der Waals surface area contributed by atoms with Crippen molar-refractivity contribution in [2.75, 3.05) is 0 Å². The largest absolute Gasteiger partial charge is 0.348 e. The number of hydrogen-bond acceptors (Lipinski definition) is 5. The first-order valence-corrected chi connectivity index (χ1v) is 9.47. The molecule has 136 valence electrons. The Balaban J connectivity index is 1.66. The van der Waals surface area contributed by atoms with Crippen LogP contribution in [-0.2, 0) is 16.6 Å². The highest BCUT2D eigenvalue weighted by molar-refractivity contribution is 7.89. The highest BCUT2D eigenvalue weighted by Crippen LogP contribution is 2.22. The van der Waals surface area contributed by atoms with Crippen molar-refractivity contribution < 1.29 is 18.1 Å². The van der Waals surface area contributed by atoms with Gasteiger partial charge in [-0.25, -0.2) is 13.1 Å². The monoisotopic (exact) mass is 375 g/mol. The van der Waals surface area contributed by atoms with Crippen LogP contribution in [0.25, 0.3) is 0 Å². The van der Waals surface area contributed by atoms with E-state index in [0.29, 0.717) is 5.56 Å². The van der Waals surface area contributed by atoms with E-state index in [1.54, 1.807) is 12.1 Å². The molecule has 9 heteroatoms. The Hall–Kier alpha value is -2.78. The second-order valence-electron chi connectivity index (χ2n) is 6.03. The van der Waals surface area contributed by atoms with Gasteiger partial charge in [-0.05, 0) is 36.6 Å². The van der Waals surface area contributed by atoms with Crippen LogP contribution in [0.15, 0.2) is 53.4 Å². The number of sulfonamides is 1. The number of non-ortho nitro benzene ring substituents is 1. The van der Waals surface area contributed by atoms with Crippen LogP contribution >= 0.6 is 0 Å². The van der Waals surface area contributed by atoms with E-state index in [0.717, 1.165) is 12.8 Å². The van der Waals surface area contributed by atoms with Gasteiger partial charge in [0.25, 0.3) is 11.6 Å². The van der Waals surface area contributed by atoms with E-state index in [4.69, 9.17) is 0 Å². The molecule has 2 aromatic carbocycles. The Bertz CT molecular complexity index is 937. The molecule has 0 saturated heterocycles. The maximum absolute atomic E-state index is 12.3. The molecule has 0 radical (unpaired) electrons. The van der Waals surface area contributed by atoms with Crippen molar-refractivity contribution in [3.8, 4) is 0 Å². The quantitative estimate of drug-likeness (QED) is 0.566. The molecule has 8 nitrogen and oxygen atoms in total. The van der Waals surface area contributed by atoms with E-state index >= 15 is 0 Å². The minimum absolute atomic E-state index is 0.0142. The molecule has 0 aliphatic heterocycles. The molecule has 0 atom stereocenters. The number of hydrogen-bond donors (Lipinski definition) is 2. The predicted molar refractivity (Wildman–Crippen MR) is 94.1 cm³/mol. The summed E-state index contributed by atoms with van der Waals surface area (Å²) >= 11 is 0. The summed E-state index contributed by atoms with van der Waals surface area (Å²) < 4.78 is 27.0. The van der Waals surface area contributed by atoms with Crippen molar-refractivity contribution >= 4 is 21.6 Å². The van der Waals surface area contributed by atoms with Crippen molar-refractivity contribution in [1.82, 2.24) is 10.0 Å². The fourth-order valence-corrected chi connectivity index (χ4v) is 3.66. The van der Waals surface area contributed by atoms with Crippen LogP contribution in [0, 0.1) is 10.1 Å². The molecule has 0 spiro atoms. The number of nitro benzene ring substituents is 1. The minimum Gasteiger partial charge on any atom is -0.348 e. The second kappa shape index (κ2) is 7.22. The van der Waals surface area contributed by atoms with Crippen LogP contribution in [-0.4, -0.2) is 25.3 Å². The number of amides is 1. The summed E-state index contributed by atoms with van der Waals surface area (Å²) in [5, 5.41) is 13.3. The van der Waals surface area contributed by atoms with E-state index in [-0.39, 0.29) is 28.7 Å². The van der Waals surface area contributed by atoms with Gasteiger partial charge in [-0.1, -0.05) is 18.2 Å². The average Bonchev–Trinajstić information content (AvgIpc) is 3.43. The summed E-state index contributed by atoms with van der Waals surface area (Å²) in [5.41, 5.74) is 0.898. The molecule has 2 N–H and O–H groups in total. The van der Waals surface area contributed by atoms with Crippen molar-refractivity contribution in [2.45, 2.75) is 30.3 Å². The Morgan fingerprint density at radius 2 is 1.85 bits per heavy atom. The number of benzene rings is 2. The van der Waals surface area contributed by atoms with Gasteiger partial charge in [0.15, 0.2) is 0 Å². The topological polar surface area (TPSA) is 118 Å². The molecule has 1 fully saturated rings. The van der Waals surface area contributed by atoms with Gasteiger partial charge in [0.2, 0.25) is 10.0 Å². The lowest BCUT2D eigenvalue weighted by Gasteiger charge is -2.08. The van der Waals surface area contributed by atoms with Crippen LogP contribution in [0.4, 0.5) is 5.69 Å². The van der Waals surface area contributed by atoms with Gasteiger partial charge in [-0.2, -0.15) is 0 Å². The Morgan fingerprint density at radius 3 is 2.46 bits per heavy atom. The lowest BCUT2D eigenvalue weighted by atomic mass is 10.2. The number of carbonyl (C=O) groups is 1. The predicted octanol–water partition coefficient (Wildman–Crippen LogP) is 1.97. The summed E-state index contributed by atoms with van der Waals surface area (Å²) in [6.07, 6.45) is 1.66. The van der Waals surface area contributed by atoms with Crippen LogP contribution < -0.4 is 10.0 Å². The van der Waals surface area contributed by atoms with E-state index in [1.807, 2.05) is 0 Å². The zero-order valence-electron chi connectivity index (χ0n) is 13.7. The van der Waals surface area contributed by atoms with Crippen molar-refractivity contribution in [3.63, 3.8) is 0 Å². The summed E-state index contributed by atoms with van der Waals surface area (Å²) in [5.74, 6) is -0.424. The van der Waals surface area contributed by atoms with Crippen molar-refractivity contribution in [2.24, 2.45) is 0 Å². The fraction of sp³-hybridized carbons (Fsp3) is 0.235. The molecule has 0 unspecified atom stereocenters. The second-order valence-corrected chi connectivity index (χ2v) is 7.74. The van der Waals surface area contributed by atoms with Crippen molar-refractivity contribution in [1.29, 1.82) is 0 Å². The van der Waals surface area contributed by atoms with Crippen LogP contribution in [0.3, 0.4) is 0 Å². The molecule has 2 aromatic rings. The third-order valence-electron chi connectivity index (χ3n) is 3.91. The fourth-order valence-electron chi connectivity index (χ4n) is 2.31. The summed E-state index contributed by atoms with van der Waals surface area (Å²) in [6, 6.07) is 11.6. The Morgan fingerprint density at radius 1 is 1.15 bits per heavy atom. The standard InChI is InChI=1S/C17H17N3O5S/c21-17(18-11-12-4-8-15(9-5-12)20(22)23)13-2-1-3-16(10-13)26(24,25)19-14-6-7-14/h1-5,8-10,14,19H,6-7,11H2,(H,18,21). The molecule has 0 aromatic heterocycles. The highest BCUT2D eigenvalue weighted by atomic mass is 32.2. The van der Waals surface area contributed by atoms with Gasteiger partial charge in [0.05, 0.1) is 9.82 Å². The third kappa shape index (κ3) is 4.44. The molecule has 3 rings (SSSR count). The van der Waals surface area contributed by atoms with E-state index < -0.39 is 20.9 Å². The number of nitrogens with one attached hydrogen (secondary N) is 2. The zero-order chi connectivity index (χ0) is 18.7. The minimum atomic E-state index is -3.63. The number of nitrogens with zero attached hydrogens (tertiary/aromatic N) is 1. The van der Waals surface area contributed by atoms with Crippen LogP contribution in [0.1, 0.15) is 28.8 Å². The highest BCUT2D eigenvalue weighted by Gasteiger charge is 2.28. The van der Waals surface area contributed by atoms with Gasteiger partial charge in [0.1, 0.15) is 0 Å². The van der Waals surface area contributed by atoms with Gasteiger partial charge in [-0.3, -0.25) is 14.9 Å². The summed E-state index contributed by atoms with van der Waals surface area (Å²) in [4.78, 5) is 22.5. The first kappa shape index (κ1) is 18.0. The number of rotatable bonds is 7. The molecule has 1 aliphatic rings. The maximum atomic E-state index is 12.3. The van der Waals surface area contributed by atoms with Gasteiger partial charge in [-0.15, -0.1) is 0 Å². The molecule has 0 bridgehead atoms. The molecule has 1 aliphatic carbocycles. The molecule has 26 heavy (non-hydrogen) atoms. The third-order valence-corrected chi connectivity index (χ3v) is 5.42. The average molecular weight is 375 g/mol. The smallest absolute Gasteiger partial charge is 0.269 e. The Labute approximate surface area is 150 Å². The van der Waals surface area contributed by atoms with E-state index in [9.17, 15) is 23.3 Å². The zero-order valence-corrected chi connectivity index (χ0v) is 14.5. The summed E-state index contributed by atoms with van der Waals surface area (Å²) in [7, 11) is -3.63. The first-order valence-electron chi connectivity index (χ1n) is 7.99. The van der Waals surface area contributed by atoms with E-state index in [1.165, 1.54) is 36.4 Å². The lowest BCUT2D eigenvalue weighted by molar-refractivity contribution is -0.384. The lowest BCUT2D eigenvalue weighted by Crippen LogP contribution is -2.27. The SMILES string of the molecule is O=C(NCc1ccc([N+](=O)[O-])cc1)c1cccc(S(=O)(=O)NC2CC2)c1. The maximum Gasteiger partial charge on any atom is 0.269 e. The number of nitro groups is 1. The van der Waals surface area contributed by atoms with Gasteiger partial charge in [0, 0.05) is 30.3 Å². The molecular weight excluding hydrogens is 358 g/mol. The molecule has 1 amide bonds. The van der Waals surface area contributed by atoms with Crippen LogP contribution in [0.5, 0.6) is 0 Å². The van der Waals surface area contributed by atoms with Crippen LogP contribution in [0.2, 0.25) is 0 Å². The van der Waals surface area contributed by atoms with Gasteiger partial charge >= 0.3 is 0 Å². The molecule has 1 saturated carbocycles. The van der Waals surface area contributed by atoms with Crippen molar-refractivity contribution in [3.05, 3.63) is 69.8 Å². The summed E-state index contributed by atoms with van der Waals surface area (Å²) in [6.45, 7) is 0.175. The normalized spacial score (nSPS) is 14.0. The van der Waals surface area contributed by atoms with Gasteiger partial charge < -0.3 is 5.32 Å². The first-order chi connectivity index (χ1) is 12.3.